The number of carbonyl (C=O) groups is 1. The number of nitrogens with zero attached hydrogens (tertiary/aromatic N) is 1. The van der Waals surface area contributed by atoms with Crippen molar-refractivity contribution in [3.8, 4) is 11.8 Å². The van der Waals surface area contributed by atoms with Crippen LogP contribution in [0, 0.1) is 11.3 Å². The van der Waals surface area contributed by atoms with Gasteiger partial charge in [0.1, 0.15) is 12.4 Å². The first kappa shape index (κ1) is 15.4. The van der Waals surface area contributed by atoms with Gasteiger partial charge in [0.25, 0.3) is 0 Å². The molecule has 0 amide bonds. The molecule has 1 heterocycles. The molecule has 0 aliphatic rings. The second-order valence-corrected chi connectivity index (χ2v) is 5.82. The summed E-state index contributed by atoms with van der Waals surface area (Å²) in [6.07, 6.45) is 0.756. The Kier molecular flexibility index (Phi) is 4.84. The second kappa shape index (κ2) is 6.61. The van der Waals surface area contributed by atoms with E-state index in [1.165, 1.54) is 11.3 Å². The maximum Gasteiger partial charge on any atom is 0.349 e. The smallest absolute Gasteiger partial charge is 0.349 e. The van der Waals surface area contributed by atoms with Crippen LogP contribution in [0.25, 0.3) is 0 Å². The lowest BCUT2D eigenvalue weighted by molar-refractivity contribution is 0.0697. The number of carboxylic acids is 1. The number of rotatable bonds is 5. The monoisotopic (exact) mass is 321 g/mol. The number of aromatic carboxylic acids is 1. The highest BCUT2D eigenvalue weighted by molar-refractivity contribution is 7.14. The Bertz CT molecular complexity index is 718. The molecule has 0 saturated carbocycles. The van der Waals surface area contributed by atoms with Crippen molar-refractivity contribution in [3.63, 3.8) is 0 Å². The van der Waals surface area contributed by atoms with Gasteiger partial charge in [-0.1, -0.05) is 24.6 Å². The lowest BCUT2D eigenvalue weighted by Crippen LogP contribution is -2.00. The van der Waals surface area contributed by atoms with Crippen molar-refractivity contribution in [2.75, 3.05) is 0 Å². The molecule has 0 bridgehead atoms. The van der Waals surface area contributed by atoms with E-state index in [0.717, 1.165) is 11.3 Å². The van der Waals surface area contributed by atoms with Gasteiger partial charge in [0.15, 0.2) is 4.88 Å². The Hall–Kier alpha value is -2.03. The summed E-state index contributed by atoms with van der Waals surface area (Å²) in [5, 5.41) is 18.4. The van der Waals surface area contributed by atoms with E-state index in [1.807, 2.05) is 13.0 Å². The summed E-state index contributed by atoms with van der Waals surface area (Å²) in [6.45, 7) is 2.11. The zero-order valence-corrected chi connectivity index (χ0v) is 12.8. The highest BCUT2D eigenvalue weighted by atomic mass is 35.5. The van der Waals surface area contributed by atoms with Crippen LogP contribution >= 0.6 is 22.9 Å². The number of thiophene rings is 1. The summed E-state index contributed by atoms with van der Waals surface area (Å²) in [6, 6.07) is 8.65. The van der Waals surface area contributed by atoms with E-state index in [0.29, 0.717) is 21.9 Å². The predicted molar refractivity (Wildman–Crippen MR) is 81.2 cm³/mol. The third-order valence-electron chi connectivity index (χ3n) is 2.86. The number of halogens is 1. The van der Waals surface area contributed by atoms with Crippen LogP contribution in [0.1, 0.15) is 32.6 Å². The molecule has 1 aromatic carbocycles. The molecule has 0 unspecified atom stereocenters. The summed E-state index contributed by atoms with van der Waals surface area (Å²) in [5.74, 6) is -0.648. The quantitative estimate of drug-likeness (QED) is 0.899. The molecular formula is C15H12ClNO3S. The molecule has 6 heteroatoms. The number of hydrogen-bond acceptors (Lipinski definition) is 4. The number of aryl methyl sites for hydroxylation is 1. The van der Waals surface area contributed by atoms with Gasteiger partial charge in [-0.05, 0) is 24.6 Å². The van der Waals surface area contributed by atoms with Gasteiger partial charge >= 0.3 is 5.97 Å². The van der Waals surface area contributed by atoms with Crippen LogP contribution in [0.2, 0.25) is 5.02 Å². The van der Waals surface area contributed by atoms with E-state index in [2.05, 4.69) is 0 Å². The molecule has 0 atom stereocenters. The van der Waals surface area contributed by atoms with Gasteiger partial charge in [-0.3, -0.25) is 0 Å². The fourth-order valence-corrected chi connectivity index (χ4v) is 2.86. The zero-order chi connectivity index (χ0) is 15.4. The number of nitriles is 1. The number of hydrogen-bond donors (Lipinski definition) is 1. The van der Waals surface area contributed by atoms with Crippen molar-refractivity contribution < 1.29 is 14.6 Å². The van der Waals surface area contributed by atoms with Crippen molar-refractivity contribution in [1.82, 2.24) is 0 Å². The standard InChI is InChI=1S/C15H12ClNO3S/c1-2-11-6-13(14(21-11)15(18)19)20-8-10-4-3-9(7-17)5-12(10)16/h3-6H,2,8H2,1H3,(H,18,19). The minimum absolute atomic E-state index is 0.157. The van der Waals surface area contributed by atoms with Gasteiger partial charge in [0.05, 0.1) is 11.6 Å². The molecule has 1 aromatic heterocycles. The average molecular weight is 322 g/mol. The van der Waals surface area contributed by atoms with Gasteiger partial charge in [0.2, 0.25) is 0 Å². The highest BCUT2D eigenvalue weighted by Gasteiger charge is 2.16. The summed E-state index contributed by atoms with van der Waals surface area (Å²) < 4.78 is 5.58. The topological polar surface area (TPSA) is 70.3 Å². The summed E-state index contributed by atoms with van der Waals surface area (Å²) in [5.41, 5.74) is 1.18. The fraction of sp³-hybridized carbons (Fsp3) is 0.200. The molecule has 0 radical (unpaired) electrons. The minimum Gasteiger partial charge on any atom is -0.487 e. The SMILES string of the molecule is CCc1cc(OCc2ccc(C#N)cc2Cl)c(C(=O)O)s1. The van der Waals surface area contributed by atoms with E-state index in [4.69, 9.17) is 26.7 Å². The molecule has 108 valence electrons. The zero-order valence-electron chi connectivity index (χ0n) is 11.2. The molecule has 4 nitrogen and oxygen atoms in total. The van der Waals surface area contributed by atoms with Crippen LogP contribution in [0.15, 0.2) is 24.3 Å². The maximum atomic E-state index is 11.2. The number of ether oxygens (including phenoxy) is 1. The van der Waals surface area contributed by atoms with E-state index in [-0.39, 0.29) is 11.5 Å². The van der Waals surface area contributed by atoms with Crippen LogP contribution in [-0.4, -0.2) is 11.1 Å². The molecule has 0 fully saturated rings. The van der Waals surface area contributed by atoms with E-state index in [1.54, 1.807) is 24.3 Å². The van der Waals surface area contributed by atoms with Crippen LogP contribution in [0.5, 0.6) is 5.75 Å². The van der Waals surface area contributed by atoms with Crippen molar-refractivity contribution >= 4 is 28.9 Å². The largest absolute Gasteiger partial charge is 0.487 e. The Balaban J connectivity index is 2.18. The molecule has 2 rings (SSSR count). The van der Waals surface area contributed by atoms with Gasteiger partial charge in [-0.25, -0.2) is 4.79 Å². The van der Waals surface area contributed by atoms with Gasteiger partial charge in [-0.15, -0.1) is 11.3 Å². The van der Waals surface area contributed by atoms with E-state index < -0.39 is 5.97 Å². The lowest BCUT2D eigenvalue weighted by atomic mass is 10.1. The first-order valence-electron chi connectivity index (χ1n) is 6.22. The Morgan fingerprint density at radius 3 is 2.81 bits per heavy atom. The Labute approximate surface area is 131 Å². The van der Waals surface area contributed by atoms with Crippen molar-refractivity contribution in [2.45, 2.75) is 20.0 Å². The first-order valence-corrected chi connectivity index (χ1v) is 7.42. The van der Waals surface area contributed by atoms with Crippen LogP contribution in [-0.2, 0) is 13.0 Å². The molecule has 0 aliphatic heterocycles. The lowest BCUT2D eigenvalue weighted by Gasteiger charge is -2.07. The molecular weight excluding hydrogens is 310 g/mol. The minimum atomic E-state index is -0.999. The van der Waals surface area contributed by atoms with E-state index in [9.17, 15) is 4.79 Å². The maximum absolute atomic E-state index is 11.2. The second-order valence-electron chi connectivity index (χ2n) is 4.27. The van der Waals surface area contributed by atoms with Crippen LogP contribution in [0.3, 0.4) is 0 Å². The van der Waals surface area contributed by atoms with Crippen molar-refractivity contribution in [1.29, 1.82) is 5.26 Å². The molecule has 0 aliphatic carbocycles. The summed E-state index contributed by atoms with van der Waals surface area (Å²) in [7, 11) is 0. The van der Waals surface area contributed by atoms with Crippen LogP contribution < -0.4 is 4.74 Å². The molecule has 21 heavy (non-hydrogen) atoms. The van der Waals surface area contributed by atoms with E-state index >= 15 is 0 Å². The first-order chi connectivity index (χ1) is 10.0. The van der Waals surface area contributed by atoms with Crippen molar-refractivity contribution in [2.24, 2.45) is 0 Å². The van der Waals surface area contributed by atoms with Gasteiger partial charge in [0, 0.05) is 15.5 Å². The normalized spacial score (nSPS) is 10.1. The fourth-order valence-electron chi connectivity index (χ4n) is 1.74. The average Bonchev–Trinajstić information content (AvgIpc) is 2.89. The Morgan fingerprint density at radius 1 is 1.48 bits per heavy atom. The summed E-state index contributed by atoms with van der Waals surface area (Å²) >= 11 is 7.28. The van der Waals surface area contributed by atoms with Crippen LogP contribution in [0.4, 0.5) is 0 Å². The Morgan fingerprint density at radius 2 is 2.24 bits per heavy atom. The third kappa shape index (κ3) is 3.54. The highest BCUT2D eigenvalue weighted by Crippen LogP contribution is 2.31. The number of carboxylic acid groups (broad SMARTS) is 1. The summed E-state index contributed by atoms with van der Waals surface area (Å²) in [4.78, 5) is 12.3. The molecule has 0 spiro atoms. The molecule has 1 N–H and O–H groups in total. The van der Waals surface area contributed by atoms with Gasteiger partial charge in [-0.2, -0.15) is 5.26 Å². The predicted octanol–water partition coefficient (Wildman–Crippen LogP) is 4.11. The van der Waals surface area contributed by atoms with Gasteiger partial charge < -0.3 is 9.84 Å². The molecule has 0 saturated heterocycles. The third-order valence-corrected chi connectivity index (χ3v) is 4.46. The number of benzene rings is 1. The van der Waals surface area contributed by atoms with Crippen molar-refractivity contribution in [3.05, 3.63) is 50.2 Å². The molecule has 2 aromatic rings.